The van der Waals surface area contributed by atoms with Crippen LogP contribution in [0.1, 0.15) is 79.1 Å². The Labute approximate surface area is 155 Å². The molecule has 0 aromatic carbocycles. The van der Waals surface area contributed by atoms with Crippen molar-refractivity contribution in [2.45, 2.75) is 85.2 Å². The number of allylic oxidation sites excluding steroid dienone is 4. The molecule has 6 unspecified atom stereocenters. The molecule has 3 rings (SSSR count). The molecule has 25 heavy (non-hydrogen) atoms. The number of aliphatic hydroxyl groups excluding tert-OH is 1. The third kappa shape index (κ3) is 2.97. The smallest absolute Gasteiger partial charge is 0.0718 e. The first kappa shape index (κ1) is 19.0. The van der Waals surface area contributed by atoms with Crippen LogP contribution >= 0.6 is 0 Å². The zero-order valence-electron chi connectivity index (χ0n) is 16.9. The summed E-state index contributed by atoms with van der Waals surface area (Å²) in [5, 5.41) is 10.1. The average molecular weight is 343 g/mol. The Kier molecular flexibility index (Phi) is 5.36. The second-order valence-corrected chi connectivity index (χ2v) is 9.30. The number of hydrogen-bond donors (Lipinski definition) is 1. The zero-order chi connectivity index (χ0) is 18.2. The van der Waals surface area contributed by atoms with Crippen molar-refractivity contribution in [3.8, 4) is 0 Å². The summed E-state index contributed by atoms with van der Waals surface area (Å²) in [6.07, 6.45) is 16.2. The molecule has 0 aromatic heterocycles. The van der Waals surface area contributed by atoms with E-state index in [1.165, 1.54) is 38.5 Å². The van der Waals surface area contributed by atoms with Gasteiger partial charge in [0.05, 0.1) is 6.10 Å². The second kappa shape index (κ2) is 7.06. The molecule has 0 aromatic rings. The fraction of sp³-hybridized carbons (Fsp3) is 0.750. The minimum absolute atomic E-state index is 0.266. The van der Waals surface area contributed by atoms with E-state index >= 15 is 0 Å². The van der Waals surface area contributed by atoms with E-state index in [-0.39, 0.29) is 11.5 Å². The Balaban J connectivity index is 1.89. The molecular formula is C24H38O. The Hall–Kier alpha value is -0.820. The minimum Gasteiger partial charge on any atom is -0.389 e. The van der Waals surface area contributed by atoms with Crippen LogP contribution in [0.2, 0.25) is 0 Å². The summed E-state index contributed by atoms with van der Waals surface area (Å²) >= 11 is 0. The fourth-order valence-electron chi connectivity index (χ4n) is 7.03. The van der Waals surface area contributed by atoms with Crippen molar-refractivity contribution in [3.63, 3.8) is 0 Å². The van der Waals surface area contributed by atoms with Crippen LogP contribution in [0.4, 0.5) is 0 Å². The highest BCUT2D eigenvalue weighted by atomic mass is 16.3. The lowest BCUT2D eigenvalue weighted by Gasteiger charge is -2.57. The monoisotopic (exact) mass is 342 g/mol. The van der Waals surface area contributed by atoms with Gasteiger partial charge in [0.2, 0.25) is 0 Å². The van der Waals surface area contributed by atoms with Crippen molar-refractivity contribution in [2.24, 2.45) is 28.6 Å². The van der Waals surface area contributed by atoms with Gasteiger partial charge in [0.1, 0.15) is 0 Å². The normalized spacial score (nSPS) is 45.2. The first-order valence-electron chi connectivity index (χ1n) is 10.5. The van der Waals surface area contributed by atoms with Crippen molar-refractivity contribution in [2.75, 3.05) is 0 Å². The summed E-state index contributed by atoms with van der Waals surface area (Å²) in [7, 11) is 0. The summed E-state index contributed by atoms with van der Waals surface area (Å²) < 4.78 is 0. The van der Waals surface area contributed by atoms with Gasteiger partial charge in [-0.1, -0.05) is 43.2 Å². The van der Waals surface area contributed by atoms with Crippen LogP contribution in [0.3, 0.4) is 0 Å². The largest absolute Gasteiger partial charge is 0.389 e. The highest BCUT2D eigenvalue weighted by Crippen LogP contribution is 2.66. The van der Waals surface area contributed by atoms with Crippen LogP contribution in [-0.4, -0.2) is 11.2 Å². The summed E-state index contributed by atoms with van der Waals surface area (Å²) in [5.74, 6) is 2.53. The van der Waals surface area contributed by atoms with Crippen LogP contribution < -0.4 is 0 Å². The van der Waals surface area contributed by atoms with E-state index in [1.54, 1.807) is 17.2 Å². The molecule has 6 atom stereocenters. The van der Waals surface area contributed by atoms with Crippen LogP contribution in [0.5, 0.6) is 0 Å². The first-order chi connectivity index (χ1) is 11.9. The summed E-state index contributed by atoms with van der Waals surface area (Å²) in [4.78, 5) is 0. The predicted molar refractivity (Wildman–Crippen MR) is 107 cm³/mol. The topological polar surface area (TPSA) is 20.2 Å². The van der Waals surface area contributed by atoms with Gasteiger partial charge in [0.25, 0.3) is 0 Å². The van der Waals surface area contributed by atoms with E-state index in [9.17, 15) is 5.11 Å². The van der Waals surface area contributed by atoms with E-state index in [2.05, 4.69) is 46.4 Å². The third-order valence-electron chi connectivity index (χ3n) is 8.51. The number of hydrogen-bond acceptors (Lipinski definition) is 1. The highest BCUT2D eigenvalue weighted by Gasteiger charge is 2.56. The SMILES string of the molecule is C=CC(O)CCC1(C)C(=CC)CCC2C1CCC1(C)C(=CC)CCC21. The zero-order valence-corrected chi connectivity index (χ0v) is 16.9. The quantitative estimate of drug-likeness (QED) is 0.582. The number of fused-ring (bicyclic) bond motifs is 3. The van der Waals surface area contributed by atoms with E-state index in [0.29, 0.717) is 5.41 Å². The molecule has 0 radical (unpaired) electrons. The molecule has 1 heteroatoms. The Morgan fingerprint density at radius 1 is 1.08 bits per heavy atom. The van der Waals surface area contributed by atoms with Gasteiger partial charge in [0, 0.05) is 0 Å². The lowest BCUT2D eigenvalue weighted by molar-refractivity contribution is -0.0260. The van der Waals surface area contributed by atoms with Gasteiger partial charge >= 0.3 is 0 Å². The standard InChI is InChI=1S/C24H38O/c1-6-17-9-11-20-21-12-10-18(7-2)24(21,5)16-14-22(20)23(17,4)15-13-19(25)8-3/h6-8,19-22,25H,3,9-16H2,1-2,4-5H3. The van der Waals surface area contributed by atoms with E-state index in [1.807, 2.05) is 0 Å². The van der Waals surface area contributed by atoms with Gasteiger partial charge in [-0.2, -0.15) is 0 Å². The Bertz CT molecular complexity index is 571. The molecule has 3 aliphatic carbocycles. The maximum absolute atomic E-state index is 10.1. The molecule has 1 nitrogen and oxygen atoms in total. The molecule has 140 valence electrons. The third-order valence-corrected chi connectivity index (χ3v) is 8.51. The molecule has 0 spiro atoms. The molecular weight excluding hydrogens is 304 g/mol. The lowest BCUT2D eigenvalue weighted by Crippen LogP contribution is -2.48. The summed E-state index contributed by atoms with van der Waals surface area (Å²) in [6, 6.07) is 0. The van der Waals surface area contributed by atoms with Gasteiger partial charge in [0.15, 0.2) is 0 Å². The van der Waals surface area contributed by atoms with Crippen LogP contribution in [0.25, 0.3) is 0 Å². The summed E-state index contributed by atoms with van der Waals surface area (Å²) in [5.41, 5.74) is 4.11. The van der Waals surface area contributed by atoms with Crippen LogP contribution in [0, 0.1) is 28.6 Å². The molecule has 0 saturated heterocycles. The molecule has 3 aliphatic rings. The molecule has 1 N–H and O–H groups in total. The molecule has 0 heterocycles. The van der Waals surface area contributed by atoms with Gasteiger partial charge in [-0.05, 0) is 93.8 Å². The minimum atomic E-state index is -0.356. The highest BCUT2D eigenvalue weighted by molar-refractivity contribution is 5.27. The van der Waals surface area contributed by atoms with Gasteiger partial charge in [-0.3, -0.25) is 0 Å². The van der Waals surface area contributed by atoms with Crippen molar-refractivity contribution in [1.82, 2.24) is 0 Å². The number of aliphatic hydroxyl groups is 1. The Morgan fingerprint density at radius 2 is 1.76 bits per heavy atom. The predicted octanol–water partition coefficient (Wildman–Crippen LogP) is 6.45. The van der Waals surface area contributed by atoms with Crippen molar-refractivity contribution in [1.29, 1.82) is 0 Å². The second-order valence-electron chi connectivity index (χ2n) is 9.30. The van der Waals surface area contributed by atoms with Crippen LogP contribution in [0.15, 0.2) is 36.0 Å². The molecule has 0 amide bonds. The van der Waals surface area contributed by atoms with Gasteiger partial charge in [-0.25, -0.2) is 0 Å². The maximum Gasteiger partial charge on any atom is 0.0718 e. The van der Waals surface area contributed by atoms with Crippen LogP contribution in [-0.2, 0) is 0 Å². The molecule has 0 aliphatic heterocycles. The van der Waals surface area contributed by atoms with E-state index < -0.39 is 0 Å². The van der Waals surface area contributed by atoms with Crippen molar-refractivity contribution >= 4 is 0 Å². The molecule has 0 bridgehead atoms. The van der Waals surface area contributed by atoms with E-state index in [4.69, 9.17) is 0 Å². The van der Waals surface area contributed by atoms with Gasteiger partial charge < -0.3 is 5.11 Å². The maximum atomic E-state index is 10.1. The van der Waals surface area contributed by atoms with Crippen molar-refractivity contribution in [3.05, 3.63) is 36.0 Å². The van der Waals surface area contributed by atoms with Gasteiger partial charge in [-0.15, -0.1) is 6.58 Å². The average Bonchev–Trinajstić information content (AvgIpc) is 2.96. The lowest BCUT2D eigenvalue weighted by atomic mass is 9.48. The molecule has 3 fully saturated rings. The summed E-state index contributed by atoms with van der Waals surface area (Å²) in [6.45, 7) is 13.3. The fourth-order valence-corrected chi connectivity index (χ4v) is 7.03. The number of rotatable bonds is 4. The van der Waals surface area contributed by atoms with Crippen molar-refractivity contribution < 1.29 is 5.11 Å². The van der Waals surface area contributed by atoms with E-state index in [0.717, 1.165) is 30.6 Å². The molecule has 3 saturated carbocycles. The Morgan fingerprint density at radius 3 is 2.40 bits per heavy atom. The first-order valence-corrected chi connectivity index (χ1v) is 10.5.